The van der Waals surface area contributed by atoms with Crippen LogP contribution in [0.4, 0.5) is 0 Å². The Morgan fingerprint density at radius 3 is 1.30 bits per heavy atom. The van der Waals surface area contributed by atoms with Crippen molar-refractivity contribution in [2.45, 2.75) is 12.2 Å². The Morgan fingerprint density at radius 2 is 1.10 bits per heavy atom. The minimum absolute atomic E-state index is 0.284. The number of hydrogen-bond acceptors (Lipinski definition) is 6. The van der Waals surface area contributed by atoms with Gasteiger partial charge in [-0.1, -0.05) is 46.4 Å². The van der Waals surface area contributed by atoms with Gasteiger partial charge in [-0.25, -0.2) is 9.59 Å². The molecular weight excluding hydrogens is 358 g/mol. The van der Waals surface area contributed by atoms with E-state index in [4.69, 9.17) is 55.9 Å². The summed E-state index contributed by atoms with van der Waals surface area (Å²) in [6, 6.07) is 0. The molecule has 2 unspecified atom stereocenters. The van der Waals surface area contributed by atoms with Gasteiger partial charge in [0.1, 0.15) is 21.5 Å². The van der Waals surface area contributed by atoms with Gasteiger partial charge in [0.05, 0.1) is 14.2 Å². The molecule has 0 radical (unpaired) electrons. The molecule has 114 valence electrons. The molecule has 0 saturated heterocycles. The molecule has 0 fully saturated rings. The largest absolute Gasteiger partial charge is 0.479 e. The number of halogens is 4. The third-order valence-electron chi connectivity index (χ3n) is 1.75. The van der Waals surface area contributed by atoms with Crippen LogP contribution in [0.25, 0.3) is 0 Å². The zero-order chi connectivity index (χ0) is 15.7. The monoisotopic (exact) mass is 366 g/mol. The lowest BCUT2D eigenvalue weighted by Gasteiger charge is -2.21. The van der Waals surface area contributed by atoms with Crippen LogP contribution in [0.2, 0.25) is 0 Å². The number of carbonyl (C=O) groups is 2. The molecule has 2 atom stereocenters. The van der Waals surface area contributed by atoms with Crippen LogP contribution in [-0.2, 0) is 28.5 Å². The van der Waals surface area contributed by atoms with Gasteiger partial charge in [-0.05, 0) is 0 Å². The highest BCUT2D eigenvalue weighted by Crippen LogP contribution is 2.16. The second-order valence-corrected chi connectivity index (χ2v) is 4.99. The van der Waals surface area contributed by atoms with Crippen molar-refractivity contribution in [1.82, 2.24) is 0 Å². The molecule has 0 aromatic heterocycles. The Bertz CT molecular complexity index is 363. The summed E-state index contributed by atoms with van der Waals surface area (Å²) in [5.41, 5.74) is 0. The molecule has 0 aliphatic heterocycles. The van der Waals surface area contributed by atoms with E-state index in [-0.39, 0.29) is 8.98 Å². The molecule has 0 spiro atoms. The van der Waals surface area contributed by atoms with Crippen LogP contribution in [0.3, 0.4) is 0 Å². The van der Waals surface area contributed by atoms with E-state index >= 15 is 0 Å². The first-order valence-electron chi connectivity index (χ1n) is 4.82. The molecular formula is C10H10Cl4O6. The van der Waals surface area contributed by atoms with Gasteiger partial charge in [0.25, 0.3) is 0 Å². The third kappa shape index (κ3) is 7.09. The smallest absolute Gasteiger partial charge is 0.351 e. The second-order valence-electron chi connectivity index (χ2n) is 2.97. The fourth-order valence-electron chi connectivity index (χ4n) is 0.983. The van der Waals surface area contributed by atoms with E-state index in [2.05, 4.69) is 9.47 Å². The summed E-state index contributed by atoms with van der Waals surface area (Å²) in [5, 5.41) is 0. The molecule has 0 amide bonds. The van der Waals surface area contributed by atoms with E-state index < -0.39 is 24.1 Å². The standard InChI is InChI=1S/C10H10Cl4O6/c1-17-9(15)7(19-3-5(11)12)8(10(16)18-2)20-4-6(13)14/h3-4,7-8H,1-2H3. The summed E-state index contributed by atoms with van der Waals surface area (Å²) in [5.74, 6) is -1.85. The van der Waals surface area contributed by atoms with Gasteiger partial charge >= 0.3 is 11.9 Å². The Hall–Kier alpha value is -0.820. The Labute approximate surface area is 135 Å². The third-order valence-corrected chi connectivity index (χ3v) is 2.11. The van der Waals surface area contributed by atoms with Crippen LogP contribution < -0.4 is 0 Å². The zero-order valence-electron chi connectivity index (χ0n) is 10.3. The van der Waals surface area contributed by atoms with E-state index in [1.165, 1.54) is 0 Å². The Balaban J connectivity index is 5.26. The molecule has 10 heteroatoms. The fraction of sp³-hybridized carbons (Fsp3) is 0.400. The van der Waals surface area contributed by atoms with E-state index in [0.717, 1.165) is 26.7 Å². The van der Waals surface area contributed by atoms with Crippen LogP contribution in [0, 0.1) is 0 Å². The maximum absolute atomic E-state index is 11.6. The van der Waals surface area contributed by atoms with Crippen molar-refractivity contribution in [1.29, 1.82) is 0 Å². The molecule has 20 heavy (non-hydrogen) atoms. The molecule has 0 heterocycles. The predicted octanol–water partition coefficient (Wildman–Crippen LogP) is 2.66. The number of ether oxygens (including phenoxy) is 4. The quantitative estimate of drug-likeness (QED) is 0.508. The van der Waals surface area contributed by atoms with E-state index in [9.17, 15) is 9.59 Å². The number of rotatable bonds is 7. The summed E-state index contributed by atoms with van der Waals surface area (Å²) in [6.45, 7) is 0. The molecule has 0 aromatic rings. The van der Waals surface area contributed by atoms with Crippen LogP contribution in [0.1, 0.15) is 0 Å². The van der Waals surface area contributed by atoms with Gasteiger partial charge < -0.3 is 18.9 Å². The maximum Gasteiger partial charge on any atom is 0.351 e. The van der Waals surface area contributed by atoms with Gasteiger partial charge in [0.2, 0.25) is 12.2 Å². The summed E-state index contributed by atoms with van der Waals surface area (Å²) in [6.07, 6.45) is -1.39. The molecule has 0 aliphatic carbocycles. The number of hydrogen-bond donors (Lipinski definition) is 0. The second kappa shape index (κ2) is 9.99. The van der Waals surface area contributed by atoms with E-state index in [0.29, 0.717) is 0 Å². The molecule has 6 nitrogen and oxygen atoms in total. The van der Waals surface area contributed by atoms with Crippen molar-refractivity contribution >= 4 is 58.3 Å². The first-order chi connectivity index (χ1) is 9.33. The highest BCUT2D eigenvalue weighted by atomic mass is 35.5. The minimum Gasteiger partial charge on any atom is -0.479 e. The SMILES string of the molecule is COC(=O)C(OC=C(Cl)Cl)C(OC=C(Cl)Cl)C(=O)OC. The fourth-order valence-corrected chi connectivity index (χ4v) is 1.19. The molecule has 0 saturated carbocycles. The highest BCUT2D eigenvalue weighted by molar-refractivity contribution is 6.56. The molecule has 0 N–H and O–H groups in total. The van der Waals surface area contributed by atoms with Gasteiger partial charge in [0.15, 0.2) is 0 Å². The van der Waals surface area contributed by atoms with Crippen molar-refractivity contribution in [3.63, 3.8) is 0 Å². The number of methoxy groups -OCH3 is 2. The Kier molecular flexibility index (Phi) is 9.58. The highest BCUT2D eigenvalue weighted by Gasteiger charge is 2.38. The lowest BCUT2D eigenvalue weighted by molar-refractivity contribution is -0.170. The summed E-state index contributed by atoms with van der Waals surface area (Å²) in [7, 11) is 2.17. The summed E-state index contributed by atoms with van der Waals surface area (Å²) < 4.78 is 18.2. The number of esters is 2. The minimum atomic E-state index is -1.52. The topological polar surface area (TPSA) is 71.1 Å². The van der Waals surface area contributed by atoms with Crippen molar-refractivity contribution in [2.24, 2.45) is 0 Å². The lowest BCUT2D eigenvalue weighted by Crippen LogP contribution is -2.43. The van der Waals surface area contributed by atoms with E-state index in [1.807, 2.05) is 0 Å². The average molecular weight is 368 g/mol. The molecule has 0 bridgehead atoms. The van der Waals surface area contributed by atoms with Crippen molar-refractivity contribution in [3.8, 4) is 0 Å². The predicted molar refractivity (Wildman–Crippen MR) is 73.4 cm³/mol. The van der Waals surface area contributed by atoms with Gasteiger partial charge in [-0.3, -0.25) is 0 Å². The van der Waals surface area contributed by atoms with Crippen LogP contribution in [0.5, 0.6) is 0 Å². The van der Waals surface area contributed by atoms with Crippen LogP contribution >= 0.6 is 46.4 Å². The number of carbonyl (C=O) groups excluding carboxylic acids is 2. The summed E-state index contributed by atoms with van der Waals surface area (Å²) in [4.78, 5) is 23.2. The van der Waals surface area contributed by atoms with Crippen molar-refractivity contribution in [3.05, 3.63) is 21.5 Å². The normalized spacial score (nSPS) is 12.5. The van der Waals surface area contributed by atoms with Crippen LogP contribution in [-0.4, -0.2) is 38.4 Å². The lowest BCUT2D eigenvalue weighted by atomic mass is 10.2. The average Bonchev–Trinajstić information content (AvgIpc) is 2.40. The molecule has 0 aromatic carbocycles. The van der Waals surface area contributed by atoms with Gasteiger partial charge in [-0.2, -0.15) is 0 Å². The first kappa shape index (κ1) is 19.2. The van der Waals surface area contributed by atoms with Gasteiger partial charge in [0, 0.05) is 0 Å². The first-order valence-corrected chi connectivity index (χ1v) is 6.33. The Morgan fingerprint density at radius 1 is 0.800 bits per heavy atom. The van der Waals surface area contributed by atoms with Gasteiger partial charge in [-0.15, -0.1) is 0 Å². The molecule has 0 rings (SSSR count). The van der Waals surface area contributed by atoms with Crippen LogP contribution in [0.15, 0.2) is 21.5 Å². The molecule has 0 aliphatic rings. The zero-order valence-corrected chi connectivity index (χ0v) is 13.3. The van der Waals surface area contributed by atoms with Crippen molar-refractivity contribution < 1.29 is 28.5 Å². The van der Waals surface area contributed by atoms with E-state index in [1.54, 1.807) is 0 Å². The van der Waals surface area contributed by atoms with Crippen molar-refractivity contribution in [2.75, 3.05) is 14.2 Å². The summed E-state index contributed by atoms with van der Waals surface area (Å²) >= 11 is 21.4. The maximum atomic E-state index is 11.6.